The molecule has 0 fully saturated rings. The number of thiophene rings is 1. The number of aromatic amines is 2. The number of hydrogen-bond donors (Lipinski definition) is 2. The summed E-state index contributed by atoms with van der Waals surface area (Å²) in [5, 5.41) is 8.00. The van der Waals surface area contributed by atoms with Gasteiger partial charge in [0, 0.05) is 29.7 Å². The highest BCUT2D eigenvalue weighted by atomic mass is 32.1. The maximum atomic E-state index is 13.7. The lowest BCUT2D eigenvalue weighted by atomic mass is 10.1. The van der Waals surface area contributed by atoms with Crippen LogP contribution in [0.1, 0.15) is 5.56 Å². The first-order valence-corrected chi connectivity index (χ1v) is 12.6. The van der Waals surface area contributed by atoms with Gasteiger partial charge in [-0.05, 0) is 35.9 Å². The number of hydrogen-bond acceptors (Lipinski definition) is 7. The summed E-state index contributed by atoms with van der Waals surface area (Å²) in [6, 6.07) is 18.9. The number of nitrogens with one attached hydrogen (secondary N) is 2. The molecule has 6 aromatic heterocycles. The fourth-order valence-electron chi connectivity index (χ4n) is 4.31. The number of benzene rings is 1. The molecule has 0 spiro atoms. The third-order valence-electron chi connectivity index (χ3n) is 6.14. The fourth-order valence-corrected chi connectivity index (χ4v) is 5.04. The molecule has 0 unspecified atom stereocenters. The first-order chi connectivity index (χ1) is 18.7. The SMILES string of the molecule is Fc1ccc(-c2nccc3[nH]c(-c4n[nH]c5ncc(-c6cncc(OCc7ccccc7)c6)cc45)nc23)s1. The molecule has 184 valence electrons. The van der Waals surface area contributed by atoms with Gasteiger partial charge in [0.15, 0.2) is 16.6 Å². The van der Waals surface area contributed by atoms with Crippen molar-refractivity contribution in [2.45, 2.75) is 6.61 Å². The van der Waals surface area contributed by atoms with E-state index in [0.717, 1.165) is 38.9 Å². The highest BCUT2D eigenvalue weighted by molar-refractivity contribution is 7.13. The van der Waals surface area contributed by atoms with E-state index in [1.807, 2.05) is 48.5 Å². The number of rotatable bonds is 6. The predicted molar refractivity (Wildman–Crippen MR) is 144 cm³/mol. The Kier molecular flexibility index (Phi) is 5.37. The summed E-state index contributed by atoms with van der Waals surface area (Å²) in [7, 11) is 0. The average molecular weight is 520 g/mol. The zero-order valence-corrected chi connectivity index (χ0v) is 20.5. The normalized spacial score (nSPS) is 11.4. The molecule has 0 bridgehead atoms. The molecule has 1 aromatic carbocycles. The zero-order chi connectivity index (χ0) is 25.5. The van der Waals surface area contributed by atoms with E-state index in [1.165, 1.54) is 6.07 Å². The van der Waals surface area contributed by atoms with Gasteiger partial charge in [-0.1, -0.05) is 30.3 Å². The quantitative estimate of drug-likeness (QED) is 0.263. The van der Waals surface area contributed by atoms with Gasteiger partial charge in [-0.25, -0.2) is 9.97 Å². The minimum Gasteiger partial charge on any atom is -0.487 e. The monoisotopic (exact) mass is 519 g/mol. The lowest BCUT2D eigenvalue weighted by molar-refractivity contribution is 0.305. The van der Waals surface area contributed by atoms with Crippen LogP contribution in [0.15, 0.2) is 85.5 Å². The number of pyridine rings is 3. The highest BCUT2D eigenvalue weighted by Crippen LogP contribution is 2.34. The summed E-state index contributed by atoms with van der Waals surface area (Å²) in [5.41, 5.74) is 6.13. The number of aromatic nitrogens is 7. The van der Waals surface area contributed by atoms with Crippen molar-refractivity contribution in [1.29, 1.82) is 0 Å². The van der Waals surface area contributed by atoms with Crippen molar-refractivity contribution in [3.8, 4) is 39.0 Å². The second-order valence-corrected chi connectivity index (χ2v) is 9.65. The summed E-state index contributed by atoms with van der Waals surface area (Å²) in [5.74, 6) is 1.23. The second-order valence-electron chi connectivity index (χ2n) is 8.62. The van der Waals surface area contributed by atoms with E-state index in [0.29, 0.717) is 45.6 Å². The largest absolute Gasteiger partial charge is 0.487 e. The van der Waals surface area contributed by atoms with Crippen LogP contribution >= 0.6 is 11.3 Å². The van der Waals surface area contributed by atoms with Crippen molar-refractivity contribution in [2.75, 3.05) is 0 Å². The fraction of sp³-hybridized carbons (Fsp3) is 0.0357. The third-order valence-corrected chi connectivity index (χ3v) is 7.02. The first-order valence-electron chi connectivity index (χ1n) is 11.8. The summed E-state index contributed by atoms with van der Waals surface area (Å²) in [4.78, 5) is 22.2. The van der Waals surface area contributed by atoms with Crippen molar-refractivity contribution in [1.82, 2.24) is 35.1 Å². The smallest absolute Gasteiger partial charge is 0.177 e. The molecule has 0 saturated carbocycles. The topological polar surface area (TPSA) is 105 Å². The first kappa shape index (κ1) is 22.3. The maximum Gasteiger partial charge on any atom is 0.177 e. The van der Waals surface area contributed by atoms with Crippen LogP contribution in [0.25, 0.3) is 55.3 Å². The molecule has 38 heavy (non-hydrogen) atoms. The molecule has 0 aliphatic heterocycles. The Hall–Kier alpha value is -4.96. The molecule has 0 atom stereocenters. The standard InChI is InChI=1S/C28H18FN7OS/c29-23-7-6-22(38-23)26-25-21(8-9-31-26)33-28(34-25)24-20-11-18(13-32-27(20)36-35-24)17-10-19(14-30-12-17)37-15-16-4-2-1-3-5-16/h1-14H,15H2,(H,33,34)(H,32,35,36). The lowest BCUT2D eigenvalue weighted by Crippen LogP contribution is -1.96. The van der Waals surface area contributed by atoms with Gasteiger partial charge in [0.05, 0.1) is 22.0 Å². The molecular formula is C28H18FN7OS. The van der Waals surface area contributed by atoms with Crippen LogP contribution in [0.5, 0.6) is 5.75 Å². The van der Waals surface area contributed by atoms with Gasteiger partial charge in [0.25, 0.3) is 0 Å². The number of H-pyrrole nitrogens is 2. The van der Waals surface area contributed by atoms with Crippen molar-refractivity contribution in [2.24, 2.45) is 0 Å². The summed E-state index contributed by atoms with van der Waals surface area (Å²) in [6.07, 6.45) is 6.92. The van der Waals surface area contributed by atoms with Crippen LogP contribution < -0.4 is 4.74 Å². The minimum absolute atomic E-state index is 0.268. The van der Waals surface area contributed by atoms with Crippen LogP contribution in [0, 0.1) is 5.13 Å². The van der Waals surface area contributed by atoms with Gasteiger partial charge in [0.1, 0.15) is 29.3 Å². The molecule has 0 aliphatic carbocycles. The van der Waals surface area contributed by atoms with Crippen molar-refractivity contribution in [3.05, 3.63) is 96.1 Å². The van der Waals surface area contributed by atoms with Gasteiger partial charge in [-0.3, -0.25) is 15.1 Å². The van der Waals surface area contributed by atoms with Crippen LogP contribution in [0.2, 0.25) is 0 Å². The maximum absolute atomic E-state index is 13.7. The second kappa shape index (κ2) is 9.16. The van der Waals surface area contributed by atoms with Gasteiger partial charge in [-0.2, -0.15) is 9.49 Å². The molecule has 10 heteroatoms. The summed E-state index contributed by atoms with van der Waals surface area (Å²) < 4.78 is 19.6. The molecule has 0 amide bonds. The number of nitrogens with zero attached hydrogens (tertiary/aromatic N) is 5. The molecule has 2 N–H and O–H groups in total. The number of halogens is 1. The Labute approximate surface area is 219 Å². The Morgan fingerprint density at radius 3 is 2.66 bits per heavy atom. The Morgan fingerprint density at radius 2 is 1.79 bits per heavy atom. The van der Waals surface area contributed by atoms with Gasteiger partial charge in [-0.15, -0.1) is 11.3 Å². The van der Waals surface area contributed by atoms with E-state index in [2.05, 4.69) is 30.1 Å². The van der Waals surface area contributed by atoms with Crippen LogP contribution in [-0.2, 0) is 6.61 Å². The van der Waals surface area contributed by atoms with Crippen molar-refractivity contribution >= 4 is 33.4 Å². The van der Waals surface area contributed by atoms with Crippen molar-refractivity contribution < 1.29 is 9.13 Å². The molecular weight excluding hydrogens is 501 g/mol. The molecule has 0 radical (unpaired) electrons. The van der Waals surface area contributed by atoms with E-state index in [1.54, 1.807) is 30.9 Å². The van der Waals surface area contributed by atoms with E-state index >= 15 is 0 Å². The van der Waals surface area contributed by atoms with E-state index in [-0.39, 0.29) is 5.13 Å². The molecule has 7 aromatic rings. The molecule has 8 nitrogen and oxygen atoms in total. The average Bonchev–Trinajstić information content (AvgIpc) is 3.70. The van der Waals surface area contributed by atoms with Crippen LogP contribution in [0.4, 0.5) is 4.39 Å². The van der Waals surface area contributed by atoms with E-state index in [9.17, 15) is 4.39 Å². The summed E-state index contributed by atoms with van der Waals surface area (Å²) >= 11 is 1.04. The molecule has 0 saturated heterocycles. The zero-order valence-electron chi connectivity index (χ0n) is 19.7. The number of fused-ring (bicyclic) bond motifs is 2. The van der Waals surface area contributed by atoms with E-state index in [4.69, 9.17) is 9.72 Å². The predicted octanol–water partition coefficient (Wildman–Crippen LogP) is 6.40. The molecule has 0 aliphatic rings. The van der Waals surface area contributed by atoms with E-state index < -0.39 is 0 Å². The van der Waals surface area contributed by atoms with Gasteiger partial charge < -0.3 is 9.72 Å². The Balaban J connectivity index is 1.24. The molecule has 7 rings (SSSR count). The Morgan fingerprint density at radius 1 is 0.895 bits per heavy atom. The number of imidazole rings is 1. The highest BCUT2D eigenvalue weighted by Gasteiger charge is 2.18. The van der Waals surface area contributed by atoms with Gasteiger partial charge >= 0.3 is 0 Å². The van der Waals surface area contributed by atoms with Crippen molar-refractivity contribution in [3.63, 3.8) is 0 Å². The Bertz CT molecular complexity index is 1910. The summed E-state index contributed by atoms with van der Waals surface area (Å²) in [6.45, 7) is 0.455. The minimum atomic E-state index is -0.268. The van der Waals surface area contributed by atoms with Crippen LogP contribution in [0.3, 0.4) is 0 Å². The lowest BCUT2D eigenvalue weighted by Gasteiger charge is -2.08. The van der Waals surface area contributed by atoms with Gasteiger partial charge in [0.2, 0.25) is 0 Å². The van der Waals surface area contributed by atoms with Crippen LogP contribution in [-0.4, -0.2) is 35.1 Å². The third kappa shape index (κ3) is 4.06. The molecule has 6 heterocycles. The number of ether oxygens (including phenoxy) is 1.